The summed E-state index contributed by atoms with van der Waals surface area (Å²) in [6.45, 7) is 1.85. The number of aromatic nitrogens is 1. The van der Waals surface area contributed by atoms with E-state index in [0.29, 0.717) is 0 Å². The second-order valence-corrected chi connectivity index (χ2v) is 4.14. The molecule has 1 atom stereocenters. The molecule has 1 aromatic heterocycles. The summed E-state index contributed by atoms with van der Waals surface area (Å²) < 4.78 is 24.9. The summed E-state index contributed by atoms with van der Waals surface area (Å²) in [4.78, 5) is 4.36. The molecule has 0 aliphatic carbocycles. The summed E-state index contributed by atoms with van der Waals surface area (Å²) in [5.74, 6) is 0. The van der Waals surface area contributed by atoms with Crippen LogP contribution in [0.3, 0.4) is 0 Å². The molecular formula is C13H14F2N2. The van der Waals surface area contributed by atoms with Gasteiger partial charge in [-0.1, -0.05) is 18.2 Å². The summed E-state index contributed by atoms with van der Waals surface area (Å²) >= 11 is 0. The van der Waals surface area contributed by atoms with E-state index in [1.807, 2.05) is 37.3 Å². The average Bonchev–Trinajstić information content (AvgIpc) is 2.28. The summed E-state index contributed by atoms with van der Waals surface area (Å²) in [5.41, 5.74) is 7.90. The van der Waals surface area contributed by atoms with Crippen LogP contribution in [0.4, 0.5) is 8.78 Å². The van der Waals surface area contributed by atoms with Crippen LogP contribution in [0.25, 0.3) is 10.9 Å². The van der Waals surface area contributed by atoms with Gasteiger partial charge in [-0.05, 0) is 31.0 Å². The summed E-state index contributed by atoms with van der Waals surface area (Å²) in [5, 5.41) is 0.897. The third-order valence-electron chi connectivity index (χ3n) is 2.71. The molecular weight excluding hydrogens is 222 g/mol. The minimum absolute atomic E-state index is 0.168. The first-order chi connectivity index (χ1) is 8.08. The van der Waals surface area contributed by atoms with Gasteiger partial charge in [0.05, 0.1) is 11.6 Å². The molecule has 0 aliphatic rings. The van der Waals surface area contributed by atoms with Crippen LogP contribution in [0, 0.1) is 6.92 Å². The van der Waals surface area contributed by atoms with Gasteiger partial charge in [0.15, 0.2) is 0 Å². The largest absolute Gasteiger partial charge is 0.323 e. The lowest BCUT2D eigenvalue weighted by molar-refractivity contribution is 0.116. The highest BCUT2D eigenvalue weighted by Crippen LogP contribution is 2.20. The van der Waals surface area contributed by atoms with Gasteiger partial charge in [-0.2, -0.15) is 0 Å². The zero-order valence-corrected chi connectivity index (χ0v) is 9.53. The fourth-order valence-corrected chi connectivity index (χ4v) is 1.91. The first kappa shape index (κ1) is 11.9. The molecule has 2 aromatic rings. The van der Waals surface area contributed by atoms with Crippen molar-refractivity contribution in [1.29, 1.82) is 0 Å². The van der Waals surface area contributed by atoms with E-state index in [1.165, 1.54) is 0 Å². The van der Waals surface area contributed by atoms with Gasteiger partial charge in [0.1, 0.15) is 0 Å². The van der Waals surface area contributed by atoms with Crippen LogP contribution in [0.15, 0.2) is 30.3 Å². The lowest BCUT2D eigenvalue weighted by Gasteiger charge is -2.13. The molecule has 0 aliphatic heterocycles. The number of para-hydroxylation sites is 1. The van der Waals surface area contributed by atoms with Crippen molar-refractivity contribution in [2.75, 3.05) is 0 Å². The molecule has 2 N–H and O–H groups in total. The highest BCUT2D eigenvalue weighted by atomic mass is 19.3. The van der Waals surface area contributed by atoms with E-state index < -0.39 is 12.5 Å². The summed E-state index contributed by atoms with van der Waals surface area (Å²) in [6.07, 6.45) is -2.33. The van der Waals surface area contributed by atoms with Gasteiger partial charge in [-0.15, -0.1) is 0 Å². The molecule has 0 radical (unpaired) electrons. The van der Waals surface area contributed by atoms with E-state index in [1.54, 1.807) is 0 Å². The van der Waals surface area contributed by atoms with Crippen LogP contribution in [-0.4, -0.2) is 17.5 Å². The topological polar surface area (TPSA) is 38.9 Å². The Labute approximate surface area is 98.5 Å². The lowest BCUT2D eigenvalue weighted by Crippen LogP contribution is -2.31. The molecule has 0 bridgehead atoms. The van der Waals surface area contributed by atoms with E-state index in [-0.39, 0.29) is 6.42 Å². The molecule has 90 valence electrons. The number of benzene rings is 1. The normalized spacial score (nSPS) is 13.2. The molecule has 2 nitrogen and oxygen atoms in total. The molecule has 0 spiro atoms. The van der Waals surface area contributed by atoms with Gasteiger partial charge >= 0.3 is 0 Å². The first-order valence-corrected chi connectivity index (χ1v) is 5.47. The van der Waals surface area contributed by atoms with Crippen molar-refractivity contribution < 1.29 is 8.78 Å². The number of pyridine rings is 1. The van der Waals surface area contributed by atoms with Crippen LogP contribution in [0.1, 0.15) is 11.3 Å². The van der Waals surface area contributed by atoms with Crippen molar-refractivity contribution in [2.24, 2.45) is 5.73 Å². The Morgan fingerprint density at radius 1 is 1.29 bits per heavy atom. The molecule has 0 saturated carbocycles. The second-order valence-electron chi connectivity index (χ2n) is 4.14. The molecule has 0 fully saturated rings. The van der Waals surface area contributed by atoms with Crippen molar-refractivity contribution in [1.82, 2.24) is 4.98 Å². The quantitative estimate of drug-likeness (QED) is 0.889. The van der Waals surface area contributed by atoms with Crippen LogP contribution >= 0.6 is 0 Å². The lowest BCUT2D eigenvalue weighted by atomic mass is 10.0. The molecule has 2 rings (SSSR count). The van der Waals surface area contributed by atoms with E-state index >= 15 is 0 Å². The van der Waals surface area contributed by atoms with Crippen molar-refractivity contribution in [3.8, 4) is 0 Å². The number of fused-ring (bicyclic) bond motifs is 1. The molecule has 0 saturated heterocycles. The monoisotopic (exact) mass is 236 g/mol. The van der Waals surface area contributed by atoms with E-state index in [9.17, 15) is 8.78 Å². The van der Waals surface area contributed by atoms with Gasteiger partial charge < -0.3 is 5.73 Å². The fraction of sp³-hybridized carbons (Fsp3) is 0.308. The third-order valence-corrected chi connectivity index (χ3v) is 2.71. The zero-order valence-electron chi connectivity index (χ0n) is 9.53. The second kappa shape index (κ2) is 4.75. The number of hydrogen-bond donors (Lipinski definition) is 1. The van der Waals surface area contributed by atoms with Gasteiger partial charge in [0.25, 0.3) is 6.43 Å². The number of rotatable bonds is 3. The number of alkyl halides is 2. The number of halogens is 2. The van der Waals surface area contributed by atoms with Crippen LogP contribution in [0.5, 0.6) is 0 Å². The SMILES string of the molecule is Cc1cc(CC(N)C(F)F)c2ccccc2n1. The average molecular weight is 236 g/mol. The van der Waals surface area contributed by atoms with Crippen molar-refractivity contribution in [3.63, 3.8) is 0 Å². The van der Waals surface area contributed by atoms with Gasteiger partial charge in [0, 0.05) is 11.1 Å². The maximum absolute atomic E-state index is 12.5. The van der Waals surface area contributed by atoms with Gasteiger partial charge in [-0.3, -0.25) is 4.98 Å². The minimum atomic E-state index is -2.50. The predicted octanol–water partition coefficient (Wildman–Crippen LogP) is 2.68. The maximum atomic E-state index is 12.5. The fourth-order valence-electron chi connectivity index (χ4n) is 1.91. The molecule has 1 unspecified atom stereocenters. The molecule has 4 heteroatoms. The minimum Gasteiger partial charge on any atom is -0.323 e. The summed E-state index contributed by atoms with van der Waals surface area (Å²) in [6, 6.07) is 8.21. The van der Waals surface area contributed by atoms with Crippen molar-refractivity contribution in [2.45, 2.75) is 25.8 Å². The van der Waals surface area contributed by atoms with Crippen molar-refractivity contribution in [3.05, 3.63) is 41.6 Å². The van der Waals surface area contributed by atoms with E-state index in [0.717, 1.165) is 22.2 Å². The van der Waals surface area contributed by atoms with Gasteiger partial charge in [0.2, 0.25) is 0 Å². The Bertz CT molecular complexity index is 526. The number of hydrogen-bond acceptors (Lipinski definition) is 2. The Hall–Kier alpha value is -1.55. The Morgan fingerprint density at radius 3 is 2.71 bits per heavy atom. The predicted molar refractivity (Wildman–Crippen MR) is 64.2 cm³/mol. The Kier molecular flexibility index (Phi) is 3.33. The Balaban J connectivity index is 2.45. The number of nitrogens with zero attached hydrogens (tertiary/aromatic N) is 1. The van der Waals surface area contributed by atoms with Crippen molar-refractivity contribution >= 4 is 10.9 Å². The maximum Gasteiger partial charge on any atom is 0.253 e. The molecule has 1 heterocycles. The first-order valence-electron chi connectivity index (χ1n) is 5.47. The van der Waals surface area contributed by atoms with Crippen LogP contribution < -0.4 is 5.73 Å². The summed E-state index contributed by atoms with van der Waals surface area (Å²) in [7, 11) is 0. The third kappa shape index (κ3) is 2.58. The highest BCUT2D eigenvalue weighted by Gasteiger charge is 2.17. The highest BCUT2D eigenvalue weighted by molar-refractivity contribution is 5.82. The smallest absolute Gasteiger partial charge is 0.253 e. The van der Waals surface area contributed by atoms with Gasteiger partial charge in [-0.25, -0.2) is 8.78 Å². The Morgan fingerprint density at radius 2 is 2.00 bits per heavy atom. The standard InChI is InChI=1S/C13H14F2N2/c1-8-6-9(7-11(16)13(14)15)10-4-2-3-5-12(10)17-8/h2-6,11,13H,7,16H2,1H3. The number of aryl methyl sites for hydroxylation is 1. The molecule has 1 aromatic carbocycles. The van der Waals surface area contributed by atoms with Crippen LogP contribution in [-0.2, 0) is 6.42 Å². The van der Waals surface area contributed by atoms with E-state index in [2.05, 4.69) is 4.98 Å². The molecule has 17 heavy (non-hydrogen) atoms. The van der Waals surface area contributed by atoms with Crippen LogP contribution in [0.2, 0.25) is 0 Å². The zero-order chi connectivity index (χ0) is 12.4. The van der Waals surface area contributed by atoms with E-state index in [4.69, 9.17) is 5.73 Å². The number of nitrogens with two attached hydrogens (primary N) is 1. The molecule has 0 amide bonds.